The zero-order chi connectivity index (χ0) is 7.56. The maximum absolute atomic E-state index is 5.75. The van der Waals surface area contributed by atoms with Gasteiger partial charge in [0.15, 0.2) is 0 Å². The molecule has 0 aliphatic rings. The highest BCUT2D eigenvalue weighted by atomic mass is 14.7. The fourth-order valence-electron chi connectivity index (χ4n) is 0.913. The van der Waals surface area contributed by atoms with E-state index in [2.05, 4.69) is 11.9 Å². The molecule has 1 heterocycles. The zero-order valence-corrected chi connectivity index (χ0v) is 6.39. The van der Waals surface area contributed by atoms with E-state index < -0.39 is 0 Å². The van der Waals surface area contributed by atoms with Crippen molar-refractivity contribution in [2.45, 2.75) is 20.3 Å². The van der Waals surface area contributed by atoms with Crippen LogP contribution >= 0.6 is 0 Å². The molecule has 0 aliphatic heterocycles. The molecule has 0 aliphatic carbocycles. The molecule has 1 aromatic heterocycles. The second-order valence-corrected chi connectivity index (χ2v) is 2.38. The molecule has 0 unspecified atom stereocenters. The van der Waals surface area contributed by atoms with Crippen LogP contribution in [0.1, 0.15) is 18.1 Å². The Morgan fingerprint density at radius 2 is 2.20 bits per heavy atom. The molecule has 10 heavy (non-hydrogen) atoms. The Morgan fingerprint density at radius 3 is 2.70 bits per heavy atom. The van der Waals surface area contributed by atoms with Gasteiger partial charge in [0.2, 0.25) is 0 Å². The monoisotopic (exact) mass is 136 g/mol. The van der Waals surface area contributed by atoms with E-state index in [9.17, 15) is 0 Å². The number of rotatable bonds is 1. The van der Waals surface area contributed by atoms with Crippen LogP contribution in [0.4, 0.5) is 5.69 Å². The van der Waals surface area contributed by atoms with Crippen molar-refractivity contribution in [3.05, 3.63) is 23.5 Å². The fraction of sp³-hybridized carbons (Fsp3) is 0.375. The van der Waals surface area contributed by atoms with Crippen LogP contribution in [0.5, 0.6) is 0 Å². The van der Waals surface area contributed by atoms with Gasteiger partial charge in [-0.05, 0) is 24.5 Å². The minimum Gasteiger partial charge on any atom is -0.398 e. The first-order valence-electron chi connectivity index (χ1n) is 3.44. The lowest BCUT2D eigenvalue weighted by Crippen LogP contribution is -1.96. The molecule has 1 aromatic rings. The number of nitrogens with zero attached hydrogens (tertiary/aromatic N) is 1. The molecule has 0 fully saturated rings. The summed E-state index contributed by atoms with van der Waals surface area (Å²) >= 11 is 0. The van der Waals surface area contributed by atoms with Crippen molar-refractivity contribution in [2.75, 3.05) is 5.73 Å². The lowest BCUT2D eigenvalue weighted by atomic mass is 10.1. The highest BCUT2D eigenvalue weighted by Crippen LogP contribution is 2.14. The smallest absolute Gasteiger partial charge is 0.0407 e. The largest absolute Gasteiger partial charge is 0.398 e. The third-order valence-corrected chi connectivity index (χ3v) is 1.65. The van der Waals surface area contributed by atoms with Crippen LogP contribution in [-0.2, 0) is 6.42 Å². The highest BCUT2D eigenvalue weighted by molar-refractivity contribution is 5.50. The Balaban J connectivity index is 3.14. The molecule has 0 bridgehead atoms. The van der Waals surface area contributed by atoms with Crippen LogP contribution in [0.15, 0.2) is 12.4 Å². The maximum Gasteiger partial charge on any atom is 0.0407 e. The van der Waals surface area contributed by atoms with Crippen molar-refractivity contribution in [3.8, 4) is 0 Å². The van der Waals surface area contributed by atoms with Gasteiger partial charge in [0.05, 0.1) is 0 Å². The van der Waals surface area contributed by atoms with Gasteiger partial charge >= 0.3 is 0 Å². The molecule has 0 saturated carbocycles. The molecule has 1 rings (SSSR count). The van der Waals surface area contributed by atoms with Gasteiger partial charge in [-0.1, -0.05) is 6.92 Å². The van der Waals surface area contributed by atoms with E-state index in [0.29, 0.717) is 0 Å². The quantitative estimate of drug-likeness (QED) is 0.636. The first-order valence-corrected chi connectivity index (χ1v) is 3.44. The number of hydrogen-bond acceptors (Lipinski definition) is 2. The van der Waals surface area contributed by atoms with Gasteiger partial charge in [0.25, 0.3) is 0 Å². The molecule has 0 atom stereocenters. The zero-order valence-electron chi connectivity index (χ0n) is 6.39. The summed E-state index contributed by atoms with van der Waals surface area (Å²) in [7, 11) is 0. The predicted molar refractivity (Wildman–Crippen MR) is 42.8 cm³/mol. The summed E-state index contributed by atoms with van der Waals surface area (Å²) in [5.41, 5.74) is 8.85. The van der Waals surface area contributed by atoms with Crippen molar-refractivity contribution in [2.24, 2.45) is 0 Å². The van der Waals surface area contributed by atoms with Gasteiger partial charge in [-0.2, -0.15) is 0 Å². The highest BCUT2D eigenvalue weighted by Gasteiger charge is 1.97. The third kappa shape index (κ3) is 1.10. The Morgan fingerprint density at radius 1 is 1.50 bits per heavy atom. The SMILES string of the molecule is CCc1cncc(C)c1N. The molecule has 0 radical (unpaired) electrons. The number of pyridine rings is 1. The van der Waals surface area contributed by atoms with Crippen molar-refractivity contribution in [3.63, 3.8) is 0 Å². The molecule has 2 N–H and O–H groups in total. The van der Waals surface area contributed by atoms with E-state index in [1.165, 1.54) is 0 Å². The van der Waals surface area contributed by atoms with Crippen LogP contribution in [0.2, 0.25) is 0 Å². The van der Waals surface area contributed by atoms with E-state index in [1.54, 1.807) is 6.20 Å². The van der Waals surface area contributed by atoms with Crippen molar-refractivity contribution in [1.29, 1.82) is 0 Å². The lowest BCUT2D eigenvalue weighted by Gasteiger charge is -2.03. The van der Waals surface area contributed by atoms with Crippen LogP contribution in [0.25, 0.3) is 0 Å². The number of aromatic nitrogens is 1. The fourth-order valence-corrected chi connectivity index (χ4v) is 0.913. The maximum atomic E-state index is 5.75. The van der Waals surface area contributed by atoms with Gasteiger partial charge in [0.1, 0.15) is 0 Å². The van der Waals surface area contributed by atoms with Crippen LogP contribution in [-0.4, -0.2) is 4.98 Å². The van der Waals surface area contributed by atoms with E-state index >= 15 is 0 Å². The first kappa shape index (κ1) is 7.06. The van der Waals surface area contributed by atoms with E-state index in [1.807, 2.05) is 13.1 Å². The molecule has 0 saturated heterocycles. The summed E-state index contributed by atoms with van der Waals surface area (Å²) in [6, 6.07) is 0. The Hall–Kier alpha value is -1.05. The molecule has 0 amide bonds. The van der Waals surface area contributed by atoms with E-state index in [0.717, 1.165) is 23.2 Å². The average Bonchev–Trinajstić information content (AvgIpc) is 1.95. The number of nitrogens with two attached hydrogens (primary N) is 1. The summed E-state index contributed by atoms with van der Waals surface area (Å²) in [5.74, 6) is 0. The number of aryl methyl sites for hydroxylation is 2. The van der Waals surface area contributed by atoms with Crippen molar-refractivity contribution >= 4 is 5.69 Å². The van der Waals surface area contributed by atoms with Crippen LogP contribution < -0.4 is 5.73 Å². The standard InChI is InChI=1S/C8H12N2/c1-3-7-5-10-4-6(2)8(7)9/h4-5H,3H2,1-2H3,(H2,9,10). The Bertz CT molecular complexity index is 231. The molecule has 2 heteroatoms. The second-order valence-electron chi connectivity index (χ2n) is 2.38. The minimum atomic E-state index is 0.887. The molecule has 2 nitrogen and oxygen atoms in total. The van der Waals surface area contributed by atoms with Crippen LogP contribution in [0, 0.1) is 6.92 Å². The minimum absolute atomic E-state index is 0.887. The summed E-state index contributed by atoms with van der Waals surface area (Å²) in [5, 5.41) is 0. The van der Waals surface area contributed by atoms with Crippen molar-refractivity contribution in [1.82, 2.24) is 4.98 Å². The summed E-state index contributed by atoms with van der Waals surface area (Å²) in [6.45, 7) is 4.05. The van der Waals surface area contributed by atoms with Gasteiger partial charge in [-0.3, -0.25) is 4.98 Å². The number of hydrogen-bond donors (Lipinski definition) is 1. The van der Waals surface area contributed by atoms with Gasteiger partial charge < -0.3 is 5.73 Å². The Labute approximate surface area is 61.1 Å². The summed E-state index contributed by atoms with van der Waals surface area (Å²) in [4.78, 5) is 4.04. The van der Waals surface area contributed by atoms with E-state index in [4.69, 9.17) is 5.73 Å². The average molecular weight is 136 g/mol. The summed E-state index contributed by atoms with van der Waals surface area (Å²) < 4.78 is 0. The van der Waals surface area contributed by atoms with E-state index in [-0.39, 0.29) is 0 Å². The Kier molecular flexibility index (Phi) is 1.90. The normalized spacial score (nSPS) is 9.80. The molecular weight excluding hydrogens is 124 g/mol. The van der Waals surface area contributed by atoms with Gasteiger partial charge in [0, 0.05) is 18.1 Å². The third-order valence-electron chi connectivity index (χ3n) is 1.65. The predicted octanol–water partition coefficient (Wildman–Crippen LogP) is 1.53. The summed E-state index contributed by atoms with van der Waals surface area (Å²) in [6.07, 6.45) is 4.57. The first-order chi connectivity index (χ1) is 4.75. The molecule has 0 spiro atoms. The van der Waals surface area contributed by atoms with Gasteiger partial charge in [-0.25, -0.2) is 0 Å². The number of anilines is 1. The topological polar surface area (TPSA) is 38.9 Å². The number of nitrogen functional groups attached to an aromatic ring is 1. The molecular formula is C8H12N2. The lowest BCUT2D eigenvalue weighted by molar-refractivity contribution is 1.09. The molecule has 0 aromatic carbocycles. The van der Waals surface area contributed by atoms with Crippen molar-refractivity contribution < 1.29 is 0 Å². The second kappa shape index (κ2) is 2.69. The van der Waals surface area contributed by atoms with Crippen LogP contribution in [0.3, 0.4) is 0 Å². The molecule has 54 valence electrons. The van der Waals surface area contributed by atoms with Gasteiger partial charge in [-0.15, -0.1) is 0 Å².